The van der Waals surface area contributed by atoms with Crippen LogP contribution in [0.5, 0.6) is 0 Å². The van der Waals surface area contributed by atoms with Gasteiger partial charge in [-0.15, -0.1) is 11.3 Å². The lowest BCUT2D eigenvalue weighted by Crippen LogP contribution is -2.49. The number of alkyl halides is 1. The summed E-state index contributed by atoms with van der Waals surface area (Å²) < 4.78 is 14.9. The van der Waals surface area contributed by atoms with Gasteiger partial charge in [0, 0.05) is 30.1 Å². The van der Waals surface area contributed by atoms with E-state index in [9.17, 15) is 14.0 Å². The number of nitrogens with zero attached hydrogens (tertiary/aromatic N) is 1. The minimum Gasteiger partial charge on any atom is -0.352 e. The lowest BCUT2D eigenvalue weighted by molar-refractivity contribution is -0.141. The average molecular weight is 362 g/mol. The van der Waals surface area contributed by atoms with Crippen LogP contribution in [0.4, 0.5) is 10.1 Å². The van der Waals surface area contributed by atoms with Crippen molar-refractivity contribution in [1.82, 2.24) is 5.32 Å². The topological polar surface area (TPSA) is 49.4 Å². The van der Waals surface area contributed by atoms with Crippen molar-refractivity contribution in [2.24, 2.45) is 0 Å². The van der Waals surface area contributed by atoms with Crippen LogP contribution in [0.25, 0.3) is 0 Å². The summed E-state index contributed by atoms with van der Waals surface area (Å²) in [5, 5.41) is 4.50. The van der Waals surface area contributed by atoms with E-state index in [0.29, 0.717) is 18.7 Å². The fourth-order valence-electron chi connectivity index (χ4n) is 2.65. The molecular weight excluding hydrogens is 339 g/mol. The van der Waals surface area contributed by atoms with Crippen LogP contribution in [0.15, 0.2) is 47.8 Å². The van der Waals surface area contributed by atoms with Crippen molar-refractivity contribution in [3.05, 3.63) is 52.7 Å². The number of anilines is 1. The molecule has 25 heavy (non-hydrogen) atoms. The lowest BCUT2D eigenvalue weighted by atomic mass is 10.0. The van der Waals surface area contributed by atoms with Gasteiger partial charge in [-0.2, -0.15) is 0 Å². The second-order valence-corrected chi connectivity index (χ2v) is 6.46. The van der Waals surface area contributed by atoms with Crippen LogP contribution in [0.1, 0.15) is 25.1 Å². The number of halogens is 1. The first kappa shape index (κ1) is 19.1. The molecule has 3 rings (SSSR count). The fourth-order valence-corrected chi connectivity index (χ4v) is 3.36. The Labute approximate surface area is 151 Å². The molecule has 0 radical (unpaired) electrons. The first-order valence-corrected chi connectivity index (χ1v) is 9.36. The van der Waals surface area contributed by atoms with Crippen molar-refractivity contribution in [2.45, 2.75) is 32.4 Å². The number of carbonyl (C=O) groups excluding carboxylic acids is 2. The van der Waals surface area contributed by atoms with Gasteiger partial charge in [0.25, 0.3) is 17.5 Å². The number of benzene rings is 1. The van der Waals surface area contributed by atoms with Gasteiger partial charge in [0.2, 0.25) is 0 Å². The van der Waals surface area contributed by atoms with Crippen LogP contribution in [0.3, 0.4) is 0 Å². The van der Waals surface area contributed by atoms with Crippen LogP contribution < -0.4 is 10.2 Å². The largest absolute Gasteiger partial charge is 0.352 e. The highest BCUT2D eigenvalue weighted by atomic mass is 32.1. The predicted octanol–water partition coefficient (Wildman–Crippen LogP) is 3.58. The molecule has 1 aliphatic heterocycles. The van der Waals surface area contributed by atoms with E-state index in [2.05, 4.69) is 5.32 Å². The highest BCUT2D eigenvalue weighted by Crippen LogP contribution is 2.31. The maximum atomic E-state index is 14.9. The molecule has 2 heterocycles. The molecule has 134 valence electrons. The summed E-state index contributed by atoms with van der Waals surface area (Å²) in [6.45, 7) is 4.53. The molecule has 1 unspecified atom stereocenters. The smallest absolute Gasteiger partial charge is 0.274 e. The molecule has 0 spiro atoms. The number of para-hydroxylation sites is 1. The Balaban J connectivity index is 0.00000109. The molecule has 0 saturated carbocycles. The van der Waals surface area contributed by atoms with Crippen LogP contribution >= 0.6 is 11.3 Å². The summed E-state index contributed by atoms with van der Waals surface area (Å²) in [7, 11) is 0. The zero-order valence-electron chi connectivity index (χ0n) is 14.5. The van der Waals surface area contributed by atoms with Gasteiger partial charge in [-0.25, -0.2) is 4.39 Å². The van der Waals surface area contributed by atoms with E-state index in [-0.39, 0.29) is 13.0 Å². The molecule has 1 aromatic heterocycles. The predicted molar refractivity (Wildman–Crippen MR) is 99.6 cm³/mol. The average Bonchev–Trinajstić information content (AvgIpc) is 3.27. The third kappa shape index (κ3) is 4.25. The Morgan fingerprint density at radius 3 is 2.60 bits per heavy atom. The van der Waals surface area contributed by atoms with Gasteiger partial charge in [-0.1, -0.05) is 38.1 Å². The second-order valence-electron chi connectivity index (χ2n) is 5.43. The van der Waals surface area contributed by atoms with Crippen LogP contribution in [-0.4, -0.2) is 30.6 Å². The number of hydrogen-bond acceptors (Lipinski definition) is 3. The Morgan fingerprint density at radius 1 is 1.24 bits per heavy atom. The Morgan fingerprint density at radius 2 is 1.96 bits per heavy atom. The number of hydrogen-bond donors (Lipinski definition) is 1. The van der Waals surface area contributed by atoms with Gasteiger partial charge in [-0.05, 0) is 30.0 Å². The molecule has 4 nitrogen and oxygen atoms in total. The highest BCUT2D eigenvalue weighted by molar-refractivity contribution is 7.09. The first-order valence-electron chi connectivity index (χ1n) is 8.48. The van der Waals surface area contributed by atoms with Gasteiger partial charge >= 0.3 is 0 Å². The van der Waals surface area contributed by atoms with Crippen LogP contribution in [0, 0.1) is 0 Å². The molecular formula is C19H23FN2O2S. The van der Waals surface area contributed by atoms with Gasteiger partial charge in [-0.3, -0.25) is 9.59 Å². The monoisotopic (exact) mass is 362 g/mol. The van der Waals surface area contributed by atoms with Crippen molar-refractivity contribution in [2.75, 3.05) is 18.0 Å². The molecule has 1 aromatic carbocycles. The molecule has 1 atom stereocenters. The van der Waals surface area contributed by atoms with E-state index >= 15 is 0 Å². The molecule has 1 N–H and O–H groups in total. The third-order valence-electron chi connectivity index (χ3n) is 3.93. The molecule has 2 amide bonds. The fraction of sp³-hybridized carbons (Fsp3) is 0.368. The van der Waals surface area contributed by atoms with Crippen LogP contribution in [-0.2, 0) is 16.0 Å². The molecule has 0 aliphatic carbocycles. The first-order chi connectivity index (χ1) is 12.1. The van der Waals surface area contributed by atoms with Gasteiger partial charge in [0.05, 0.1) is 0 Å². The second kappa shape index (κ2) is 8.76. The zero-order chi connectivity index (χ0) is 18.3. The zero-order valence-corrected chi connectivity index (χ0v) is 15.3. The summed E-state index contributed by atoms with van der Waals surface area (Å²) in [5.74, 6) is -1.62. The van der Waals surface area contributed by atoms with E-state index in [1.807, 2.05) is 37.4 Å². The maximum Gasteiger partial charge on any atom is 0.274 e. The van der Waals surface area contributed by atoms with Crippen molar-refractivity contribution < 1.29 is 14.0 Å². The molecule has 1 saturated heterocycles. The highest BCUT2D eigenvalue weighted by Gasteiger charge is 2.53. The van der Waals surface area contributed by atoms with Crippen LogP contribution in [0.2, 0.25) is 0 Å². The van der Waals surface area contributed by atoms with E-state index < -0.39 is 17.5 Å². The van der Waals surface area contributed by atoms with Gasteiger partial charge in [0.15, 0.2) is 0 Å². The summed E-state index contributed by atoms with van der Waals surface area (Å²) in [5.41, 5.74) is -1.85. The Bertz CT molecular complexity index is 691. The lowest BCUT2D eigenvalue weighted by Gasteiger charge is -2.19. The molecule has 2 aromatic rings. The summed E-state index contributed by atoms with van der Waals surface area (Å²) in [6.07, 6.45) is 0.516. The number of amides is 2. The van der Waals surface area contributed by atoms with E-state index in [4.69, 9.17) is 0 Å². The number of thiophene rings is 1. The van der Waals surface area contributed by atoms with Gasteiger partial charge in [0.1, 0.15) is 0 Å². The molecule has 0 bridgehead atoms. The van der Waals surface area contributed by atoms with Crippen molar-refractivity contribution in [1.29, 1.82) is 0 Å². The van der Waals surface area contributed by atoms with Crippen molar-refractivity contribution in [3.8, 4) is 0 Å². The number of rotatable bonds is 5. The molecule has 1 fully saturated rings. The van der Waals surface area contributed by atoms with E-state index in [0.717, 1.165) is 4.88 Å². The summed E-state index contributed by atoms with van der Waals surface area (Å²) in [6, 6.07) is 12.7. The third-order valence-corrected chi connectivity index (χ3v) is 4.87. The SMILES string of the molecule is CC.O=C(NCCc1cccs1)C1(F)CCN(c2ccccc2)C1=O. The minimum absolute atomic E-state index is 0.119. The standard InChI is InChI=1S/C17H17FN2O2S.C2H6/c18-17(15(21)19-10-8-14-7-4-12-23-14)9-11-20(16(17)22)13-5-2-1-3-6-13;1-2/h1-7,12H,8-11H2,(H,19,21);1-2H3. The van der Waals surface area contributed by atoms with E-state index in [1.165, 1.54) is 4.90 Å². The number of nitrogens with one attached hydrogen (secondary N) is 1. The van der Waals surface area contributed by atoms with Crippen molar-refractivity contribution >= 4 is 28.8 Å². The number of carbonyl (C=O) groups is 2. The summed E-state index contributed by atoms with van der Waals surface area (Å²) in [4.78, 5) is 27.0. The van der Waals surface area contributed by atoms with Crippen molar-refractivity contribution in [3.63, 3.8) is 0 Å². The Hall–Kier alpha value is -2.21. The maximum absolute atomic E-state index is 14.9. The van der Waals surface area contributed by atoms with E-state index in [1.54, 1.807) is 35.6 Å². The molecule has 6 heteroatoms. The van der Waals surface area contributed by atoms with Gasteiger partial charge < -0.3 is 10.2 Å². The summed E-state index contributed by atoms with van der Waals surface area (Å²) >= 11 is 1.58. The Kier molecular flexibility index (Phi) is 6.70. The normalized spacial score (nSPS) is 19.3. The quantitative estimate of drug-likeness (QED) is 0.827. The minimum atomic E-state index is -2.47. The molecule has 1 aliphatic rings.